The molecule has 2 unspecified atom stereocenters. The summed E-state index contributed by atoms with van der Waals surface area (Å²) < 4.78 is 10.4. The number of esters is 1. The first kappa shape index (κ1) is 10.5. The zero-order valence-electron chi connectivity index (χ0n) is 8.96. The van der Waals surface area contributed by atoms with Crippen molar-refractivity contribution in [2.75, 3.05) is 0 Å². The van der Waals surface area contributed by atoms with E-state index in [0.717, 1.165) is 0 Å². The largest absolute Gasteiger partial charge is 0.458 e. The molecule has 0 amide bonds. The lowest BCUT2D eigenvalue weighted by Crippen LogP contribution is -2.28. The zero-order valence-corrected chi connectivity index (χ0v) is 8.96. The molecule has 0 spiro atoms. The third-order valence-electron chi connectivity index (χ3n) is 1.82. The second-order valence-electron chi connectivity index (χ2n) is 4.80. The Morgan fingerprint density at radius 2 is 1.92 bits per heavy atom. The van der Waals surface area contributed by atoms with Crippen molar-refractivity contribution in [1.82, 2.24) is 0 Å². The van der Waals surface area contributed by atoms with Crippen LogP contribution < -0.4 is 0 Å². The fraction of sp³-hybridized carbons (Fsp3) is 0.900. The lowest BCUT2D eigenvalue weighted by Gasteiger charge is -2.18. The Balaban J connectivity index is 2.36. The van der Waals surface area contributed by atoms with Gasteiger partial charge in [-0.1, -0.05) is 13.8 Å². The van der Waals surface area contributed by atoms with E-state index in [1.807, 2.05) is 34.6 Å². The second-order valence-corrected chi connectivity index (χ2v) is 4.80. The van der Waals surface area contributed by atoms with E-state index in [1.165, 1.54) is 0 Å². The molecule has 0 aromatic carbocycles. The van der Waals surface area contributed by atoms with Crippen molar-refractivity contribution in [2.45, 2.75) is 52.4 Å². The van der Waals surface area contributed by atoms with Gasteiger partial charge < -0.3 is 9.47 Å². The van der Waals surface area contributed by atoms with Crippen LogP contribution in [0.5, 0.6) is 0 Å². The third kappa shape index (κ3) is 2.99. The molecular weight excluding hydrogens is 168 g/mol. The van der Waals surface area contributed by atoms with Crippen molar-refractivity contribution >= 4 is 5.97 Å². The van der Waals surface area contributed by atoms with Crippen molar-refractivity contribution in [3.05, 3.63) is 0 Å². The van der Waals surface area contributed by atoms with E-state index < -0.39 is 5.60 Å². The van der Waals surface area contributed by atoms with Crippen LogP contribution in [0.4, 0.5) is 0 Å². The molecule has 0 bridgehead atoms. The molecule has 3 heteroatoms. The molecule has 0 aliphatic carbocycles. The number of hydrogen-bond donors (Lipinski definition) is 0. The maximum Gasteiger partial charge on any atom is 0.338 e. The Hall–Kier alpha value is -0.570. The van der Waals surface area contributed by atoms with Crippen LogP contribution in [0.25, 0.3) is 0 Å². The highest BCUT2D eigenvalue weighted by Crippen LogP contribution is 2.31. The molecule has 1 aliphatic rings. The highest BCUT2D eigenvalue weighted by atomic mass is 16.6. The minimum atomic E-state index is -0.412. The van der Waals surface area contributed by atoms with Crippen molar-refractivity contribution in [1.29, 1.82) is 0 Å². The predicted octanol–water partition coefficient (Wildman–Crippen LogP) is 1.75. The minimum Gasteiger partial charge on any atom is -0.458 e. The van der Waals surface area contributed by atoms with Gasteiger partial charge in [0.25, 0.3) is 0 Å². The van der Waals surface area contributed by atoms with Crippen molar-refractivity contribution < 1.29 is 14.3 Å². The summed E-state index contributed by atoms with van der Waals surface area (Å²) in [5.74, 6) is 0.156. The monoisotopic (exact) mass is 186 g/mol. The molecule has 76 valence electrons. The Kier molecular flexibility index (Phi) is 2.66. The summed E-state index contributed by atoms with van der Waals surface area (Å²) in [5, 5.41) is 0. The number of carbonyl (C=O) groups excluding carboxylic acids is 1. The first-order valence-electron chi connectivity index (χ1n) is 4.69. The van der Waals surface area contributed by atoms with Gasteiger partial charge in [-0.15, -0.1) is 0 Å². The van der Waals surface area contributed by atoms with Gasteiger partial charge in [-0.25, -0.2) is 4.79 Å². The van der Waals surface area contributed by atoms with E-state index in [1.54, 1.807) is 0 Å². The molecule has 13 heavy (non-hydrogen) atoms. The average molecular weight is 186 g/mol. The number of ether oxygens (including phenoxy) is 2. The molecule has 1 aliphatic heterocycles. The van der Waals surface area contributed by atoms with E-state index in [9.17, 15) is 4.79 Å². The summed E-state index contributed by atoms with van der Waals surface area (Å²) in [6.45, 7) is 9.65. The van der Waals surface area contributed by atoms with E-state index in [4.69, 9.17) is 9.47 Å². The fourth-order valence-electron chi connectivity index (χ4n) is 1.18. The lowest BCUT2D eigenvalue weighted by atomic mass is 10.1. The summed E-state index contributed by atoms with van der Waals surface area (Å²) in [6, 6.07) is 0. The molecule has 0 N–H and O–H groups in total. The van der Waals surface area contributed by atoms with Crippen LogP contribution in [0.3, 0.4) is 0 Å². The van der Waals surface area contributed by atoms with E-state index in [-0.39, 0.29) is 18.2 Å². The average Bonchev–Trinajstić information content (AvgIpc) is 2.58. The number of epoxide rings is 1. The van der Waals surface area contributed by atoms with Crippen molar-refractivity contribution in [3.63, 3.8) is 0 Å². The number of hydrogen-bond acceptors (Lipinski definition) is 3. The van der Waals surface area contributed by atoms with Gasteiger partial charge in [0.05, 0.1) is 6.10 Å². The summed E-state index contributed by atoms with van der Waals surface area (Å²) in [4.78, 5) is 11.4. The van der Waals surface area contributed by atoms with E-state index >= 15 is 0 Å². The SMILES string of the molecule is CC(C)C1OC1C(=O)OC(C)(C)C. The molecule has 0 aromatic rings. The number of carbonyl (C=O) groups is 1. The second kappa shape index (κ2) is 3.29. The van der Waals surface area contributed by atoms with E-state index in [0.29, 0.717) is 5.92 Å². The highest BCUT2D eigenvalue weighted by Gasteiger charge is 2.48. The van der Waals surface area contributed by atoms with Gasteiger partial charge in [0.2, 0.25) is 0 Å². The standard InChI is InChI=1S/C10H18O3/c1-6(2)7-8(12-7)9(11)13-10(3,4)5/h6-8H,1-5H3. The van der Waals surface area contributed by atoms with Crippen LogP contribution >= 0.6 is 0 Å². The Morgan fingerprint density at radius 1 is 1.38 bits per heavy atom. The molecular formula is C10H18O3. The molecule has 1 heterocycles. The molecule has 3 nitrogen and oxygen atoms in total. The van der Waals surface area contributed by atoms with Crippen molar-refractivity contribution in [2.24, 2.45) is 5.92 Å². The molecule has 0 saturated carbocycles. The normalized spacial score (nSPS) is 27.5. The van der Waals surface area contributed by atoms with Crippen LogP contribution in [-0.4, -0.2) is 23.8 Å². The molecule has 0 aromatic heterocycles. The summed E-state index contributed by atoms with van der Waals surface area (Å²) >= 11 is 0. The van der Waals surface area contributed by atoms with Gasteiger partial charge in [0, 0.05) is 0 Å². The zero-order chi connectivity index (χ0) is 10.2. The summed E-state index contributed by atoms with van der Waals surface area (Å²) in [5.41, 5.74) is -0.412. The number of rotatable bonds is 2. The van der Waals surface area contributed by atoms with Gasteiger partial charge in [0.15, 0.2) is 6.10 Å². The van der Waals surface area contributed by atoms with E-state index in [2.05, 4.69) is 0 Å². The molecule has 1 fully saturated rings. The quantitative estimate of drug-likeness (QED) is 0.487. The third-order valence-corrected chi connectivity index (χ3v) is 1.82. The summed E-state index contributed by atoms with van der Waals surface area (Å²) in [7, 11) is 0. The van der Waals surface area contributed by atoms with Crippen LogP contribution in [0.1, 0.15) is 34.6 Å². The maximum absolute atomic E-state index is 11.4. The lowest BCUT2D eigenvalue weighted by molar-refractivity contribution is -0.156. The van der Waals surface area contributed by atoms with Crippen LogP contribution in [0, 0.1) is 5.92 Å². The van der Waals surface area contributed by atoms with Crippen LogP contribution in [-0.2, 0) is 14.3 Å². The Bertz CT molecular complexity index is 203. The Labute approximate surface area is 79.4 Å². The molecule has 2 atom stereocenters. The molecule has 0 radical (unpaired) electrons. The minimum absolute atomic E-state index is 0.0647. The van der Waals surface area contributed by atoms with Gasteiger partial charge in [0.1, 0.15) is 5.60 Å². The van der Waals surface area contributed by atoms with Crippen molar-refractivity contribution in [3.8, 4) is 0 Å². The Morgan fingerprint density at radius 3 is 2.23 bits per heavy atom. The van der Waals surface area contributed by atoms with Crippen LogP contribution in [0.2, 0.25) is 0 Å². The maximum atomic E-state index is 11.4. The molecule has 1 saturated heterocycles. The summed E-state index contributed by atoms with van der Waals surface area (Å²) in [6.07, 6.45) is -0.255. The first-order valence-corrected chi connectivity index (χ1v) is 4.69. The topological polar surface area (TPSA) is 38.8 Å². The first-order chi connectivity index (χ1) is 5.81. The van der Waals surface area contributed by atoms with Gasteiger partial charge in [-0.3, -0.25) is 0 Å². The predicted molar refractivity (Wildman–Crippen MR) is 49.3 cm³/mol. The van der Waals surface area contributed by atoms with Gasteiger partial charge >= 0.3 is 5.97 Å². The highest BCUT2D eigenvalue weighted by molar-refractivity contribution is 5.78. The fourth-order valence-corrected chi connectivity index (χ4v) is 1.18. The van der Waals surface area contributed by atoms with Gasteiger partial charge in [-0.05, 0) is 26.7 Å². The van der Waals surface area contributed by atoms with Crippen LogP contribution in [0.15, 0.2) is 0 Å². The van der Waals surface area contributed by atoms with Gasteiger partial charge in [-0.2, -0.15) is 0 Å². The smallest absolute Gasteiger partial charge is 0.338 e. The molecule has 1 rings (SSSR count).